The summed E-state index contributed by atoms with van der Waals surface area (Å²) in [6.45, 7) is 0.201. The van der Waals surface area contributed by atoms with Crippen LogP contribution in [-0.4, -0.2) is 28.6 Å². The highest BCUT2D eigenvalue weighted by Crippen LogP contribution is 2.55. The Morgan fingerprint density at radius 1 is 1.19 bits per heavy atom. The number of ether oxygens (including phenoxy) is 2. The molecule has 8 nitrogen and oxygen atoms in total. The molecule has 1 aliphatic heterocycles. The van der Waals surface area contributed by atoms with E-state index in [1.54, 1.807) is 12.1 Å². The number of carbonyl (C=O) groups is 1. The smallest absolute Gasteiger partial charge is 0.320 e. The molecule has 3 unspecified atom stereocenters. The van der Waals surface area contributed by atoms with Crippen molar-refractivity contribution in [1.82, 2.24) is 15.3 Å². The molecule has 1 fully saturated rings. The fourth-order valence-corrected chi connectivity index (χ4v) is 3.86. The molecule has 5 rings (SSSR count). The van der Waals surface area contributed by atoms with Crippen LogP contribution in [0.4, 0.5) is 19.4 Å². The zero-order chi connectivity index (χ0) is 22.2. The molecule has 3 aromatic rings. The second-order valence-corrected chi connectivity index (χ2v) is 7.36. The van der Waals surface area contributed by atoms with Crippen LogP contribution in [0.15, 0.2) is 48.9 Å². The van der Waals surface area contributed by atoms with E-state index in [0.717, 1.165) is 12.1 Å². The normalized spacial score (nSPS) is 20.1. The molecule has 1 saturated carbocycles. The van der Waals surface area contributed by atoms with E-state index in [4.69, 9.17) is 14.7 Å². The average Bonchev–Trinajstić information content (AvgIpc) is 3.50. The van der Waals surface area contributed by atoms with Crippen molar-refractivity contribution in [2.24, 2.45) is 5.92 Å². The first kappa shape index (κ1) is 19.7. The first-order valence-electron chi connectivity index (χ1n) is 9.71. The average molecular weight is 435 g/mol. The highest BCUT2D eigenvalue weighted by molar-refractivity contribution is 5.89. The standard InChI is InChI=1S/C22H15F2N5O3/c23-14-2-3-15(24)21-19(14)18-13(10-31-21)20(18)29-22(30)28-17-4-1-12(9-27-17)32-16-5-6-26-8-11(16)7-25/h1-6,8-9,13,18,20H,10H2,(H2,27,28,29,30). The van der Waals surface area contributed by atoms with Crippen molar-refractivity contribution >= 4 is 11.8 Å². The van der Waals surface area contributed by atoms with Crippen molar-refractivity contribution in [3.05, 3.63) is 71.7 Å². The molecule has 0 spiro atoms. The first-order valence-corrected chi connectivity index (χ1v) is 9.71. The number of nitriles is 1. The van der Waals surface area contributed by atoms with Gasteiger partial charge in [-0.05, 0) is 24.3 Å². The summed E-state index contributed by atoms with van der Waals surface area (Å²) < 4.78 is 39.1. The number of nitrogens with zero attached hydrogens (tertiary/aromatic N) is 3. The summed E-state index contributed by atoms with van der Waals surface area (Å²) in [5, 5.41) is 14.5. The van der Waals surface area contributed by atoms with Crippen LogP contribution in [0.25, 0.3) is 0 Å². The maximum Gasteiger partial charge on any atom is 0.320 e. The number of halogens is 2. The fourth-order valence-electron chi connectivity index (χ4n) is 3.86. The molecular formula is C22H15F2N5O3. The summed E-state index contributed by atoms with van der Waals surface area (Å²) in [4.78, 5) is 20.4. The number of benzene rings is 1. The maximum absolute atomic E-state index is 14.2. The molecule has 3 heterocycles. The minimum Gasteiger partial charge on any atom is -0.490 e. The van der Waals surface area contributed by atoms with E-state index in [1.165, 1.54) is 24.7 Å². The molecule has 0 bridgehead atoms. The number of carbonyl (C=O) groups excluding carboxylic acids is 1. The van der Waals surface area contributed by atoms with E-state index in [9.17, 15) is 13.6 Å². The molecule has 2 aromatic heterocycles. The highest BCUT2D eigenvalue weighted by atomic mass is 19.1. The van der Waals surface area contributed by atoms with Gasteiger partial charge in [0, 0.05) is 41.9 Å². The number of aromatic nitrogens is 2. The summed E-state index contributed by atoms with van der Waals surface area (Å²) in [5.41, 5.74) is 0.445. The number of fused-ring (bicyclic) bond motifs is 3. The second kappa shape index (κ2) is 7.77. The van der Waals surface area contributed by atoms with Crippen LogP contribution < -0.4 is 20.1 Å². The van der Waals surface area contributed by atoms with Gasteiger partial charge in [0.25, 0.3) is 0 Å². The molecule has 10 heteroatoms. The van der Waals surface area contributed by atoms with Crippen molar-refractivity contribution in [2.45, 2.75) is 12.0 Å². The Labute approximate surface area is 180 Å². The Morgan fingerprint density at radius 3 is 2.81 bits per heavy atom. The molecule has 1 aromatic carbocycles. The molecule has 0 radical (unpaired) electrons. The molecule has 1 aliphatic carbocycles. The number of rotatable bonds is 4. The Bertz CT molecular complexity index is 1250. The summed E-state index contributed by atoms with van der Waals surface area (Å²) in [6.07, 6.45) is 4.29. The topological polar surface area (TPSA) is 109 Å². The van der Waals surface area contributed by atoms with Crippen LogP contribution >= 0.6 is 0 Å². The first-order chi connectivity index (χ1) is 15.5. The molecule has 2 N–H and O–H groups in total. The van der Waals surface area contributed by atoms with Gasteiger partial charge in [0.2, 0.25) is 0 Å². The summed E-state index contributed by atoms with van der Waals surface area (Å²) in [7, 11) is 0. The van der Waals surface area contributed by atoms with Gasteiger partial charge in [-0.1, -0.05) is 0 Å². The number of hydrogen-bond acceptors (Lipinski definition) is 6. The lowest BCUT2D eigenvalue weighted by molar-refractivity contribution is 0.247. The largest absolute Gasteiger partial charge is 0.490 e. The van der Waals surface area contributed by atoms with Crippen molar-refractivity contribution < 1.29 is 23.0 Å². The van der Waals surface area contributed by atoms with Gasteiger partial charge in [0.1, 0.15) is 34.8 Å². The zero-order valence-corrected chi connectivity index (χ0v) is 16.4. The number of pyridine rings is 2. The minimum absolute atomic E-state index is 0.0815. The lowest BCUT2D eigenvalue weighted by atomic mass is 10.0. The third kappa shape index (κ3) is 3.54. The van der Waals surface area contributed by atoms with Gasteiger partial charge in [0.15, 0.2) is 11.6 Å². The predicted octanol–water partition coefficient (Wildman–Crippen LogP) is 3.71. The number of urea groups is 1. The molecule has 160 valence electrons. The van der Waals surface area contributed by atoms with E-state index < -0.39 is 17.7 Å². The van der Waals surface area contributed by atoms with Gasteiger partial charge in [-0.15, -0.1) is 0 Å². The van der Waals surface area contributed by atoms with Gasteiger partial charge in [-0.3, -0.25) is 10.3 Å². The van der Waals surface area contributed by atoms with E-state index in [1.807, 2.05) is 6.07 Å². The van der Waals surface area contributed by atoms with Crippen molar-refractivity contribution in [1.29, 1.82) is 5.26 Å². The van der Waals surface area contributed by atoms with Gasteiger partial charge >= 0.3 is 6.03 Å². The van der Waals surface area contributed by atoms with E-state index in [-0.39, 0.29) is 47.2 Å². The third-order valence-electron chi connectivity index (χ3n) is 5.42. The molecular weight excluding hydrogens is 420 g/mol. The SMILES string of the molecule is N#Cc1cnccc1Oc1ccc(NC(=O)NC2C3COc4c(F)ccc(F)c4C32)nc1. The molecule has 32 heavy (non-hydrogen) atoms. The number of amides is 2. The Kier molecular flexibility index (Phi) is 4.78. The fraction of sp³-hybridized carbons (Fsp3) is 0.182. The second-order valence-electron chi connectivity index (χ2n) is 7.36. The van der Waals surface area contributed by atoms with Gasteiger partial charge in [-0.2, -0.15) is 5.26 Å². The monoisotopic (exact) mass is 435 g/mol. The lowest BCUT2D eigenvalue weighted by Crippen LogP contribution is -2.32. The van der Waals surface area contributed by atoms with E-state index >= 15 is 0 Å². The Balaban J connectivity index is 1.21. The van der Waals surface area contributed by atoms with Crippen molar-refractivity contribution in [2.75, 3.05) is 11.9 Å². The molecule has 2 aliphatic rings. The Hall–Kier alpha value is -4.26. The summed E-state index contributed by atoms with van der Waals surface area (Å²) in [5.74, 6) is -0.725. The highest BCUT2D eigenvalue weighted by Gasteiger charge is 2.57. The number of anilines is 1. The summed E-state index contributed by atoms with van der Waals surface area (Å²) in [6, 6.07) is 7.87. The third-order valence-corrected chi connectivity index (χ3v) is 5.42. The van der Waals surface area contributed by atoms with Crippen LogP contribution in [0, 0.1) is 28.9 Å². The van der Waals surface area contributed by atoms with Crippen LogP contribution in [0.2, 0.25) is 0 Å². The predicted molar refractivity (Wildman–Crippen MR) is 107 cm³/mol. The number of hydrogen-bond donors (Lipinski definition) is 2. The summed E-state index contributed by atoms with van der Waals surface area (Å²) >= 11 is 0. The minimum atomic E-state index is -0.616. The molecule has 2 amide bonds. The lowest BCUT2D eigenvalue weighted by Gasteiger charge is -2.16. The van der Waals surface area contributed by atoms with Crippen molar-refractivity contribution in [3.63, 3.8) is 0 Å². The van der Waals surface area contributed by atoms with Gasteiger partial charge in [-0.25, -0.2) is 18.6 Å². The van der Waals surface area contributed by atoms with Crippen LogP contribution in [0.5, 0.6) is 17.2 Å². The van der Waals surface area contributed by atoms with E-state index in [0.29, 0.717) is 11.5 Å². The zero-order valence-electron chi connectivity index (χ0n) is 16.4. The van der Waals surface area contributed by atoms with E-state index in [2.05, 4.69) is 20.6 Å². The Morgan fingerprint density at radius 2 is 2.03 bits per heavy atom. The van der Waals surface area contributed by atoms with Crippen LogP contribution in [0.1, 0.15) is 17.0 Å². The molecule has 0 saturated heterocycles. The van der Waals surface area contributed by atoms with Crippen LogP contribution in [0.3, 0.4) is 0 Å². The van der Waals surface area contributed by atoms with Gasteiger partial charge < -0.3 is 14.8 Å². The number of nitrogens with one attached hydrogen (secondary N) is 2. The maximum atomic E-state index is 14.2. The molecule has 3 atom stereocenters. The quantitative estimate of drug-likeness (QED) is 0.647. The van der Waals surface area contributed by atoms with Crippen molar-refractivity contribution in [3.8, 4) is 23.3 Å². The van der Waals surface area contributed by atoms with Gasteiger partial charge in [0.05, 0.1) is 12.8 Å². The van der Waals surface area contributed by atoms with Crippen LogP contribution in [-0.2, 0) is 0 Å².